The number of rotatable bonds is 4. The first-order valence-electron chi connectivity index (χ1n) is 7.90. The minimum Gasteiger partial charge on any atom is -0.465 e. The molecule has 2 aliphatic carbocycles. The number of halogens is 3. The summed E-state index contributed by atoms with van der Waals surface area (Å²) in [5, 5.41) is 0. The molecule has 2 unspecified atom stereocenters. The number of hydrogen-bond donors (Lipinski definition) is 0. The Balaban J connectivity index is 1.97. The third-order valence-electron chi connectivity index (χ3n) is 4.49. The van der Waals surface area contributed by atoms with Crippen LogP contribution in [0.15, 0.2) is 24.3 Å². The van der Waals surface area contributed by atoms with Crippen LogP contribution in [0.25, 0.3) is 5.76 Å². The molecule has 1 fully saturated rings. The fraction of sp³-hybridized carbons (Fsp3) is 0.471. The smallest absolute Gasteiger partial charge is 0.465 e. The van der Waals surface area contributed by atoms with Gasteiger partial charge in [-0.2, -0.15) is 13.2 Å². The molecule has 0 amide bonds. The van der Waals surface area contributed by atoms with Gasteiger partial charge in [-0.25, -0.2) is 9.00 Å². The summed E-state index contributed by atoms with van der Waals surface area (Å²) < 4.78 is 58.8. The van der Waals surface area contributed by atoms with Crippen molar-refractivity contribution in [3.8, 4) is 0 Å². The number of allylic oxidation sites excluding steroid dienone is 1. The van der Waals surface area contributed by atoms with Gasteiger partial charge in [-0.15, -0.1) is 0 Å². The van der Waals surface area contributed by atoms with E-state index in [-0.39, 0.29) is 11.7 Å². The van der Waals surface area contributed by atoms with E-state index in [2.05, 4.69) is 4.74 Å². The lowest BCUT2D eigenvalue weighted by molar-refractivity contribution is -0.0445. The number of alkyl halides is 3. The Morgan fingerprint density at radius 2 is 1.96 bits per heavy atom. The topological polar surface area (TPSA) is 52.6 Å². The molecule has 0 radical (unpaired) electrons. The number of fused-ring (bicyclic) bond motifs is 1. The highest BCUT2D eigenvalue weighted by Crippen LogP contribution is 2.43. The standard InChI is InChI=1S/C17H17F3O4S/c1-23-16(21)13-6-7-14-12(8-13)5-4-11(10-2-3-10)9-15(14)24-25(22)17(18,19)20/h6-11H,2-5H2,1H3. The highest BCUT2D eigenvalue weighted by molar-refractivity contribution is 7.81. The van der Waals surface area contributed by atoms with E-state index < -0.39 is 22.6 Å². The Morgan fingerprint density at radius 1 is 1.24 bits per heavy atom. The first-order chi connectivity index (χ1) is 11.8. The van der Waals surface area contributed by atoms with Crippen molar-refractivity contribution in [1.82, 2.24) is 0 Å². The van der Waals surface area contributed by atoms with Crippen molar-refractivity contribution in [1.29, 1.82) is 0 Å². The molecule has 0 aromatic heterocycles. The van der Waals surface area contributed by atoms with Crippen molar-refractivity contribution in [2.24, 2.45) is 11.8 Å². The van der Waals surface area contributed by atoms with Crippen LogP contribution in [0.4, 0.5) is 13.2 Å². The normalized spacial score (nSPS) is 21.6. The van der Waals surface area contributed by atoms with Gasteiger partial charge in [0.2, 0.25) is 0 Å². The first kappa shape index (κ1) is 18.0. The van der Waals surface area contributed by atoms with Crippen molar-refractivity contribution in [2.45, 2.75) is 31.2 Å². The van der Waals surface area contributed by atoms with Crippen molar-refractivity contribution < 1.29 is 31.1 Å². The Kier molecular flexibility index (Phi) is 4.90. The Labute approximate surface area is 145 Å². The van der Waals surface area contributed by atoms with Gasteiger partial charge in [0.25, 0.3) is 0 Å². The van der Waals surface area contributed by atoms with Crippen LogP contribution < -0.4 is 0 Å². The second-order valence-electron chi connectivity index (χ2n) is 6.20. The molecular formula is C17H17F3O4S. The molecule has 1 saturated carbocycles. The van der Waals surface area contributed by atoms with Crippen LogP contribution in [0, 0.1) is 11.8 Å². The number of carbonyl (C=O) groups is 1. The van der Waals surface area contributed by atoms with Crippen LogP contribution in [-0.4, -0.2) is 22.8 Å². The highest BCUT2D eigenvalue weighted by atomic mass is 32.2. The number of hydrogen-bond acceptors (Lipinski definition) is 4. The highest BCUT2D eigenvalue weighted by Gasteiger charge is 2.41. The van der Waals surface area contributed by atoms with E-state index in [0.717, 1.165) is 19.3 Å². The molecule has 0 spiro atoms. The maximum Gasteiger partial charge on any atom is 0.508 e. The van der Waals surface area contributed by atoms with Crippen LogP contribution in [0.1, 0.15) is 40.7 Å². The van der Waals surface area contributed by atoms with Gasteiger partial charge in [0.05, 0.1) is 12.7 Å². The van der Waals surface area contributed by atoms with Crippen LogP contribution >= 0.6 is 0 Å². The summed E-state index contributed by atoms with van der Waals surface area (Å²) in [7, 11) is 1.26. The van der Waals surface area contributed by atoms with Crippen LogP contribution in [0.3, 0.4) is 0 Å². The van der Waals surface area contributed by atoms with E-state index in [1.165, 1.54) is 19.2 Å². The Morgan fingerprint density at radius 3 is 2.56 bits per heavy atom. The lowest BCUT2D eigenvalue weighted by Crippen LogP contribution is -2.18. The zero-order chi connectivity index (χ0) is 18.2. The molecule has 0 aliphatic heterocycles. The average molecular weight is 374 g/mol. The maximum absolute atomic E-state index is 12.7. The summed E-state index contributed by atoms with van der Waals surface area (Å²) in [5.74, 6) is -0.0471. The zero-order valence-corrected chi connectivity index (χ0v) is 14.3. The van der Waals surface area contributed by atoms with E-state index in [1.807, 2.05) is 0 Å². The van der Waals surface area contributed by atoms with Crippen LogP contribution in [-0.2, 0) is 26.4 Å². The lowest BCUT2D eigenvalue weighted by atomic mass is 9.96. The van der Waals surface area contributed by atoms with Gasteiger partial charge in [0, 0.05) is 5.56 Å². The third kappa shape index (κ3) is 4.05. The number of aryl methyl sites for hydroxylation is 1. The maximum atomic E-state index is 12.7. The monoisotopic (exact) mass is 374 g/mol. The summed E-state index contributed by atoms with van der Waals surface area (Å²) in [6.07, 6.45) is 5.06. The number of benzene rings is 1. The molecule has 2 atom stereocenters. The van der Waals surface area contributed by atoms with Gasteiger partial charge >= 0.3 is 22.6 Å². The molecule has 3 rings (SSSR count). The molecule has 1 aromatic carbocycles. The molecular weight excluding hydrogens is 357 g/mol. The van der Waals surface area contributed by atoms with Gasteiger partial charge in [-0.05, 0) is 61.3 Å². The molecule has 25 heavy (non-hydrogen) atoms. The fourth-order valence-corrected chi connectivity index (χ4v) is 3.48. The summed E-state index contributed by atoms with van der Waals surface area (Å²) >= 11 is -3.43. The Bertz CT molecular complexity index is 738. The molecule has 0 bridgehead atoms. The molecule has 0 N–H and O–H groups in total. The number of carbonyl (C=O) groups excluding carboxylic acids is 1. The number of methoxy groups -OCH3 is 1. The molecule has 0 saturated heterocycles. The first-order valence-corrected chi connectivity index (χ1v) is 8.97. The van der Waals surface area contributed by atoms with E-state index in [9.17, 15) is 22.2 Å². The molecule has 136 valence electrons. The van der Waals surface area contributed by atoms with E-state index >= 15 is 0 Å². The van der Waals surface area contributed by atoms with Gasteiger partial charge in [-0.3, -0.25) is 0 Å². The summed E-state index contributed by atoms with van der Waals surface area (Å²) in [4.78, 5) is 11.7. The molecule has 0 heterocycles. The van der Waals surface area contributed by atoms with Gasteiger partial charge < -0.3 is 8.92 Å². The fourth-order valence-electron chi connectivity index (χ4n) is 3.07. The van der Waals surface area contributed by atoms with E-state index in [4.69, 9.17) is 4.18 Å². The Hall–Kier alpha value is -1.83. The van der Waals surface area contributed by atoms with Gasteiger partial charge in [0.1, 0.15) is 5.76 Å². The van der Waals surface area contributed by atoms with Crippen molar-refractivity contribution in [3.05, 3.63) is 41.0 Å². The minimum atomic E-state index is -4.95. The van der Waals surface area contributed by atoms with Crippen LogP contribution in [0.2, 0.25) is 0 Å². The summed E-state index contributed by atoms with van der Waals surface area (Å²) in [5.41, 5.74) is -3.50. The van der Waals surface area contributed by atoms with Crippen molar-refractivity contribution >= 4 is 22.8 Å². The second-order valence-corrected chi connectivity index (χ2v) is 7.30. The van der Waals surface area contributed by atoms with E-state index in [0.29, 0.717) is 29.0 Å². The predicted octanol–water partition coefficient (Wildman–Crippen LogP) is 3.99. The van der Waals surface area contributed by atoms with Crippen LogP contribution in [0.5, 0.6) is 0 Å². The molecule has 4 nitrogen and oxygen atoms in total. The molecule has 1 aromatic rings. The summed E-state index contributed by atoms with van der Waals surface area (Å²) in [6, 6.07) is 4.59. The SMILES string of the molecule is COC(=O)c1ccc2c(c1)CCC(C1CC1)C=C2OS(=O)C(F)(F)F. The van der Waals surface area contributed by atoms with Gasteiger partial charge in [0.15, 0.2) is 0 Å². The van der Waals surface area contributed by atoms with Gasteiger partial charge in [-0.1, -0.05) is 6.07 Å². The molecule has 2 aliphatic rings. The predicted molar refractivity (Wildman–Crippen MR) is 85.6 cm³/mol. The second kappa shape index (κ2) is 6.82. The van der Waals surface area contributed by atoms with Crippen molar-refractivity contribution in [2.75, 3.05) is 7.11 Å². The largest absolute Gasteiger partial charge is 0.508 e. The average Bonchev–Trinajstić information content (AvgIpc) is 3.40. The quantitative estimate of drug-likeness (QED) is 0.748. The minimum absolute atomic E-state index is 0.0310. The van der Waals surface area contributed by atoms with E-state index in [1.54, 1.807) is 12.1 Å². The summed E-state index contributed by atoms with van der Waals surface area (Å²) in [6.45, 7) is 0. The number of ether oxygens (including phenoxy) is 1. The lowest BCUT2D eigenvalue weighted by Gasteiger charge is -2.14. The van der Waals surface area contributed by atoms with Crippen molar-refractivity contribution in [3.63, 3.8) is 0 Å². The molecule has 8 heteroatoms. The third-order valence-corrected chi connectivity index (χ3v) is 5.20. The zero-order valence-electron chi connectivity index (χ0n) is 13.5. The number of esters is 1.